The van der Waals surface area contributed by atoms with Crippen molar-refractivity contribution in [1.29, 1.82) is 0 Å². The van der Waals surface area contributed by atoms with Crippen molar-refractivity contribution in [3.8, 4) is 0 Å². The molecule has 1 unspecified atom stereocenters. The number of hydrogen-bond donors (Lipinski definition) is 0. The molecule has 5 nitrogen and oxygen atoms in total. The van der Waals surface area contributed by atoms with E-state index in [1.807, 2.05) is 4.90 Å². The highest BCUT2D eigenvalue weighted by molar-refractivity contribution is 8.14. The molecule has 2 rings (SSSR count). The first-order valence-electron chi connectivity index (χ1n) is 6.49. The van der Waals surface area contributed by atoms with Crippen LogP contribution in [0.4, 0.5) is 0 Å². The zero-order valence-corrected chi connectivity index (χ0v) is 11.7. The van der Waals surface area contributed by atoms with Gasteiger partial charge in [0.15, 0.2) is 11.2 Å². The third kappa shape index (κ3) is 2.44. The predicted octanol–water partition coefficient (Wildman–Crippen LogP) is 0.949. The monoisotopic (exact) mass is 269 g/mol. The van der Waals surface area contributed by atoms with Gasteiger partial charge in [-0.05, 0) is 25.9 Å². The molecular formula is C12H19N3O2S. The lowest BCUT2D eigenvalue weighted by Gasteiger charge is -2.33. The second-order valence-electron chi connectivity index (χ2n) is 4.51. The Morgan fingerprint density at radius 2 is 2.00 bits per heavy atom. The number of hydrogen-bond acceptors (Lipinski definition) is 4. The second-order valence-corrected chi connectivity index (χ2v) is 5.57. The largest absolute Gasteiger partial charge is 0.289 e. The molecule has 0 aromatic heterocycles. The first-order chi connectivity index (χ1) is 8.69. The molecule has 0 aromatic rings. The fourth-order valence-electron chi connectivity index (χ4n) is 2.36. The minimum Gasteiger partial charge on any atom is -0.289 e. The molecule has 0 saturated carbocycles. The van der Waals surface area contributed by atoms with Crippen LogP contribution in [0.25, 0.3) is 0 Å². The minimum absolute atomic E-state index is 0.0862. The maximum absolute atomic E-state index is 12.4. The van der Waals surface area contributed by atoms with Gasteiger partial charge in [-0.25, -0.2) is 0 Å². The van der Waals surface area contributed by atoms with Crippen LogP contribution in [-0.4, -0.2) is 58.2 Å². The number of carbonyl (C=O) groups is 2. The molecule has 100 valence electrons. The molecule has 0 radical (unpaired) electrons. The number of aliphatic imine (C=N–C) groups is 1. The molecule has 0 aromatic carbocycles. The number of rotatable bonds is 5. The zero-order valence-electron chi connectivity index (χ0n) is 10.9. The molecule has 1 atom stereocenters. The predicted molar refractivity (Wildman–Crippen MR) is 72.6 cm³/mol. The fraction of sp³-hybridized carbons (Fsp3) is 0.750. The van der Waals surface area contributed by atoms with E-state index in [1.165, 1.54) is 11.8 Å². The molecular weight excluding hydrogens is 250 g/mol. The van der Waals surface area contributed by atoms with Crippen molar-refractivity contribution in [2.24, 2.45) is 4.99 Å². The summed E-state index contributed by atoms with van der Waals surface area (Å²) in [5.74, 6) is 0.464. The van der Waals surface area contributed by atoms with Gasteiger partial charge in [-0.15, -0.1) is 0 Å². The Bertz CT molecular complexity index is 378. The maximum atomic E-state index is 12.4. The molecule has 1 fully saturated rings. The van der Waals surface area contributed by atoms with Gasteiger partial charge in [-0.1, -0.05) is 25.6 Å². The van der Waals surface area contributed by atoms with Gasteiger partial charge in [0, 0.05) is 12.3 Å². The Hall–Kier alpha value is -0.880. The van der Waals surface area contributed by atoms with Crippen molar-refractivity contribution in [2.75, 3.05) is 25.4 Å². The van der Waals surface area contributed by atoms with E-state index in [1.54, 1.807) is 4.90 Å². The van der Waals surface area contributed by atoms with Gasteiger partial charge in [-0.3, -0.25) is 19.4 Å². The van der Waals surface area contributed by atoms with Crippen molar-refractivity contribution in [3.63, 3.8) is 0 Å². The first-order valence-corrected chi connectivity index (χ1v) is 7.48. The standard InChI is InChI=1S/C12H19N3O2S/c1-3-5-14(6-4-2)9-10(16)13-12-15(11(9)17)7-8-18-12/h9H,3-8H2,1-2H3. The summed E-state index contributed by atoms with van der Waals surface area (Å²) in [5, 5.41) is 0.592. The Balaban J connectivity index is 2.21. The highest BCUT2D eigenvalue weighted by Crippen LogP contribution is 2.24. The average molecular weight is 269 g/mol. The third-order valence-electron chi connectivity index (χ3n) is 3.10. The highest BCUT2D eigenvalue weighted by Gasteiger charge is 2.42. The number of amidine groups is 1. The molecule has 0 spiro atoms. The van der Waals surface area contributed by atoms with Crippen LogP contribution >= 0.6 is 11.8 Å². The summed E-state index contributed by atoms with van der Waals surface area (Å²) in [6, 6.07) is -0.688. The fourth-order valence-corrected chi connectivity index (χ4v) is 3.31. The Labute approximate surface area is 112 Å². The molecule has 2 aliphatic heterocycles. The van der Waals surface area contributed by atoms with E-state index in [9.17, 15) is 9.59 Å². The average Bonchev–Trinajstić information content (AvgIpc) is 2.77. The molecule has 2 aliphatic rings. The molecule has 6 heteroatoms. The molecule has 1 saturated heterocycles. The number of amides is 2. The van der Waals surface area contributed by atoms with Gasteiger partial charge in [-0.2, -0.15) is 4.99 Å². The summed E-state index contributed by atoms with van der Waals surface area (Å²) in [6.07, 6.45) is 1.87. The van der Waals surface area contributed by atoms with E-state index in [2.05, 4.69) is 18.8 Å². The lowest BCUT2D eigenvalue weighted by atomic mass is 10.1. The Morgan fingerprint density at radius 1 is 1.33 bits per heavy atom. The summed E-state index contributed by atoms with van der Waals surface area (Å²) in [5.41, 5.74) is 0. The summed E-state index contributed by atoms with van der Waals surface area (Å²) in [6.45, 7) is 6.32. The van der Waals surface area contributed by atoms with Crippen LogP contribution in [0.2, 0.25) is 0 Å². The van der Waals surface area contributed by atoms with Crippen LogP contribution in [-0.2, 0) is 9.59 Å². The Kier molecular flexibility index (Phi) is 4.40. The van der Waals surface area contributed by atoms with Crippen molar-refractivity contribution >= 4 is 28.7 Å². The van der Waals surface area contributed by atoms with E-state index < -0.39 is 6.04 Å². The van der Waals surface area contributed by atoms with E-state index in [0.717, 1.165) is 31.7 Å². The van der Waals surface area contributed by atoms with Gasteiger partial charge in [0.1, 0.15) is 0 Å². The van der Waals surface area contributed by atoms with Crippen LogP contribution in [0, 0.1) is 0 Å². The van der Waals surface area contributed by atoms with Gasteiger partial charge in [0.25, 0.3) is 11.8 Å². The first kappa shape index (κ1) is 13.5. The third-order valence-corrected chi connectivity index (χ3v) is 4.06. The molecule has 18 heavy (non-hydrogen) atoms. The molecule has 0 bridgehead atoms. The lowest BCUT2D eigenvalue weighted by Crippen LogP contribution is -2.56. The van der Waals surface area contributed by atoms with E-state index in [-0.39, 0.29) is 11.8 Å². The highest BCUT2D eigenvalue weighted by atomic mass is 32.2. The molecule has 2 heterocycles. The number of thioether (sulfide) groups is 1. The molecule has 2 amide bonds. The number of nitrogens with zero attached hydrogens (tertiary/aromatic N) is 3. The Morgan fingerprint density at radius 3 is 2.61 bits per heavy atom. The van der Waals surface area contributed by atoms with Crippen LogP contribution in [0.5, 0.6) is 0 Å². The van der Waals surface area contributed by atoms with Gasteiger partial charge < -0.3 is 0 Å². The van der Waals surface area contributed by atoms with Crippen molar-refractivity contribution in [2.45, 2.75) is 32.7 Å². The van der Waals surface area contributed by atoms with Crippen LogP contribution in [0.3, 0.4) is 0 Å². The van der Waals surface area contributed by atoms with Crippen molar-refractivity contribution in [3.05, 3.63) is 0 Å². The number of carbonyl (C=O) groups excluding carboxylic acids is 2. The summed E-state index contributed by atoms with van der Waals surface area (Å²) in [7, 11) is 0. The van der Waals surface area contributed by atoms with Crippen LogP contribution in [0.15, 0.2) is 4.99 Å². The van der Waals surface area contributed by atoms with E-state index in [0.29, 0.717) is 11.7 Å². The zero-order chi connectivity index (χ0) is 13.1. The van der Waals surface area contributed by atoms with Gasteiger partial charge >= 0.3 is 0 Å². The minimum atomic E-state index is -0.688. The SMILES string of the molecule is CCCN(CCC)C1C(=O)N=C2SCCN2C1=O. The maximum Gasteiger partial charge on any atom is 0.275 e. The van der Waals surface area contributed by atoms with Gasteiger partial charge in [0.2, 0.25) is 0 Å². The van der Waals surface area contributed by atoms with Crippen LogP contribution in [0.1, 0.15) is 26.7 Å². The second kappa shape index (κ2) is 5.84. The quantitative estimate of drug-likeness (QED) is 0.697. The molecule has 0 N–H and O–H groups in total. The molecule has 0 aliphatic carbocycles. The summed E-state index contributed by atoms with van der Waals surface area (Å²) >= 11 is 1.49. The van der Waals surface area contributed by atoms with Crippen molar-refractivity contribution in [1.82, 2.24) is 9.80 Å². The summed E-state index contributed by atoms with van der Waals surface area (Å²) in [4.78, 5) is 32.1. The van der Waals surface area contributed by atoms with E-state index in [4.69, 9.17) is 0 Å². The van der Waals surface area contributed by atoms with Gasteiger partial charge in [0.05, 0.1) is 0 Å². The normalized spacial score (nSPS) is 23.6. The topological polar surface area (TPSA) is 53.0 Å². The summed E-state index contributed by atoms with van der Waals surface area (Å²) < 4.78 is 0. The van der Waals surface area contributed by atoms with Crippen LogP contribution < -0.4 is 0 Å². The smallest absolute Gasteiger partial charge is 0.275 e. The lowest BCUT2D eigenvalue weighted by molar-refractivity contribution is -0.141. The number of fused-ring (bicyclic) bond motifs is 1. The van der Waals surface area contributed by atoms with E-state index >= 15 is 0 Å². The van der Waals surface area contributed by atoms with Crippen molar-refractivity contribution < 1.29 is 9.59 Å².